The van der Waals surface area contributed by atoms with Crippen LogP contribution in [0.3, 0.4) is 0 Å². The molecule has 1 saturated carbocycles. The zero-order valence-electron chi connectivity index (χ0n) is 15.6. The molecule has 1 N–H and O–H groups in total. The molecule has 0 amide bonds. The Bertz CT molecular complexity index is 983. The van der Waals surface area contributed by atoms with Gasteiger partial charge in [0.25, 0.3) is 0 Å². The first-order valence-corrected chi connectivity index (χ1v) is 10.5. The van der Waals surface area contributed by atoms with E-state index in [1.165, 1.54) is 0 Å². The summed E-state index contributed by atoms with van der Waals surface area (Å²) < 4.78 is 0. The molecule has 1 heterocycles. The smallest absolute Gasteiger partial charge is 0.116 e. The van der Waals surface area contributed by atoms with Crippen LogP contribution < -0.4 is 0 Å². The number of pyridine rings is 1. The molecule has 1 aliphatic rings. The maximum Gasteiger partial charge on any atom is 0.116 e. The van der Waals surface area contributed by atoms with Crippen molar-refractivity contribution in [2.24, 2.45) is 0 Å². The lowest BCUT2D eigenvalue weighted by Crippen LogP contribution is -2.27. The summed E-state index contributed by atoms with van der Waals surface area (Å²) in [5.41, 5.74) is 4.37. The zero-order valence-corrected chi connectivity index (χ0v) is 16.4. The zero-order chi connectivity index (χ0) is 19.3. The van der Waals surface area contributed by atoms with Crippen molar-refractivity contribution in [3.05, 3.63) is 72.3 Å². The third-order valence-electron chi connectivity index (χ3n) is 5.18. The number of hydrogen-bond acceptors (Lipinski definition) is 4. The van der Waals surface area contributed by atoms with Crippen molar-refractivity contribution in [1.29, 1.82) is 5.26 Å². The van der Waals surface area contributed by atoms with E-state index < -0.39 is 0 Å². The minimum Gasteiger partial charge on any atom is -0.392 e. The third-order valence-corrected chi connectivity index (χ3v) is 6.55. The summed E-state index contributed by atoms with van der Waals surface area (Å²) in [6.45, 7) is 0. The second-order valence-corrected chi connectivity index (χ2v) is 8.32. The predicted molar refractivity (Wildman–Crippen MR) is 114 cm³/mol. The molecular formula is C24H22N2OS. The van der Waals surface area contributed by atoms with Crippen molar-refractivity contribution in [3.8, 4) is 28.5 Å². The SMILES string of the molecule is N#Cc1c(-c2ccccc2)cc(-c2ccccc2)nc1SC1CCCCC1O. The molecule has 4 heteroatoms. The summed E-state index contributed by atoms with van der Waals surface area (Å²) in [5, 5.41) is 21.2. The van der Waals surface area contributed by atoms with E-state index in [9.17, 15) is 10.4 Å². The van der Waals surface area contributed by atoms with Crippen molar-refractivity contribution in [2.75, 3.05) is 0 Å². The van der Waals surface area contributed by atoms with E-state index in [-0.39, 0.29) is 11.4 Å². The molecule has 0 saturated heterocycles. The molecule has 3 aromatic rings. The Balaban J connectivity index is 1.84. The predicted octanol–water partition coefficient (Wildman–Crippen LogP) is 5.68. The second kappa shape index (κ2) is 8.60. The molecule has 0 aliphatic heterocycles. The average molecular weight is 387 g/mol. The van der Waals surface area contributed by atoms with E-state index in [2.05, 4.69) is 6.07 Å². The topological polar surface area (TPSA) is 56.9 Å². The molecule has 0 spiro atoms. The number of aliphatic hydroxyl groups is 1. The van der Waals surface area contributed by atoms with Gasteiger partial charge in [-0.25, -0.2) is 4.98 Å². The maximum atomic E-state index is 10.4. The molecule has 4 rings (SSSR count). The van der Waals surface area contributed by atoms with E-state index in [4.69, 9.17) is 4.98 Å². The number of benzene rings is 2. The highest BCUT2D eigenvalue weighted by Gasteiger charge is 2.26. The van der Waals surface area contributed by atoms with Crippen LogP contribution in [-0.2, 0) is 0 Å². The van der Waals surface area contributed by atoms with Crippen LogP contribution >= 0.6 is 11.8 Å². The van der Waals surface area contributed by atoms with E-state index in [0.717, 1.165) is 48.1 Å². The van der Waals surface area contributed by atoms with Crippen molar-refractivity contribution >= 4 is 11.8 Å². The Kier molecular flexibility index (Phi) is 5.76. The van der Waals surface area contributed by atoms with Crippen LogP contribution in [0.2, 0.25) is 0 Å². The van der Waals surface area contributed by atoms with E-state index in [1.54, 1.807) is 11.8 Å². The number of rotatable bonds is 4. The second-order valence-electron chi connectivity index (χ2n) is 7.09. The normalized spacial score (nSPS) is 19.1. The Morgan fingerprint density at radius 3 is 2.21 bits per heavy atom. The highest BCUT2D eigenvalue weighted by molar-refractivity contribution is 8.00. The molecule has 3 nitrogen and oxygen atoms in total. The maximum absolute atomic E-state index is 10.4. The molecule has 28 heavy (non-hydrogen) atoms. The Hall–Kier alpha value is -2.61. The van der Waals surface area contributed by atoms with Gasteiger partial charge in [-0.05, 0) is 24.5 Å². The first-order valence-electron chi connectivity index (χ1n) is 9.67. The molecule has 1 aromatic heterocycles. The molecule has 0 bridgehead atoms. The fraction of sp³-hybridized carbons (Fsp3) is 0.250. The summed E-state index contributed by atoms with van der Waals surface area (Å²) in [7, 11) is 0. The van der Waals surface area contributed by atoms with Crippen molar-refractivity contribution in [1.82, 2.24) is 4.98 Å². The van der Waals surface area contributed by atoms with Gasteiger partial charge in [-0.15, -0.1) is 0 Å². The number of aromatic nitrogens is 1. The highest BCUT2D eigenvalue weighted by atomic mass is 32.2. The van der Waals surface area contributed by atoms with Crippen LogP contribution in [0, 0.1) is 11.3 Å². The van der Waals surface area contributed by atoms with E-state index >= 15 is 0 Å². The number of thioether (sulfide) groups is 1. The number of nitriles is 1. The Labute approximate surface area is 170 Å². The van der Waals surface area contributed by atoms with Gasteiger partial charge < -0.3 is 5.11 Å². The van der Waals surface area contributed by atoms with Crippen molar-refractivity contribution in [2.45, 2.75) is 42.1 Å². The van der Waals surface area contributed by atoms with Gasteiger partial charge in [-0.1, -0.05) is 85.3 Å². The molecular weight excluding hydrogens is 364 g/mol. The number of nitrogens with zero attached hydrogens (tertiary/aromatic N) is 2. The van der Waals surface area contributed by atoms with Gasteiger partial charge in [0.1, 0.15) is 11.1 Å². The largest absolute Gasteiger partial charge is 0.392 e. The third kappa shape index (κ3) is 3.96. The van der Waals surface area contributed by atoms with Crippen LogP contribution in [0.1, 0.15) is 31.2 Å². The van der Waals surface area contributed by atoms with Crippen LogP contribution in [0.4, 0.5) is 0 Å². The number of aliphatic hydroxyl groups excluding tert-OH is 1. The van der Waals surface area contributed by atoms with Crippen LogP contribution in [0.15, 0.2) is 71.8 Å². The first kappa shape index (κ1) is 18.7. The molecule has 2 aromatic carbocycles. The van der Waals surface area contributed by atoms with Gasteiger partial charge in [-0.3, -0.25) is 0 Å². The Morgan fingerprint density at radius 1 is 0.929 bits per heavy atom. The monoisotopic (exact) mass is 386 g/mol. The average Bonchev–Trinajstić information content (AvgIpc) is 2.76. The standard InChI is InChI=1S/C24H22N2OS/c25-16-20-19(17-9-3-1-4-10-17)15-21(18-11-5-2-6-12-18)26-24(20)28-23-14-8-7-13-22(23)27/h1-6,9-12,15,22-23,27H,7-8,13-14H2. The summed E-state index contributed by atoms with van der Waals surface area (Å²) in [6.07, 6.45) is 3.61. The van der Waals surface area contributed by atoms with Crippen LogP contribution in [0.25, 0.3) is 22.4 Å². The summed E-state index contributed by atoms with van der Waals surface area (Å²) in [5.74, 6) is 0. The van der Waals surface area contributed by atoms with Crippen LogP contribution in [0.5, 0.6) is 0 Å². The fourth-order valence-electron chi connectivity index (χ4n) is 3.68. The van der Waals surface area contributed by atoms with Crippen molar-refractivity contribution in [3.63, 3.8) is 0 Å². The van der Waals surface area contributed by atoms with E-state index in [0.29, 0.717) is 10.6 Å². The molecule has 2 atom stereocenters. The van der Waals surface area contributed by atoms with Gasteiger partial charge in [0.05, 0.1) is 17.4 Å². The quantitative estimate of drug-likeness (QED) is 0.626. The van der Waals surface area contributed by atoms with Crippen LogP contribution in [-0.4, -0.2) is 21.4 Å². The van der Waals surface area contributed by atoms with E-state index in [1.807, 2.05) is 66.7 Å². The summed E-state index contributed by atoms with van der Waals surface area (Å²) in [4.78, 5) is 4.86. The molecule has 140 valence electrons. The molecule has 1 fully saturated rings. The minimum atomic E-state index is -0.340. The summed E-state index contributed by atoms with van der Waals surface area (Å²) in [6, 6.07) is 24.4. The van der Waals surface area contributed by atoms with Gasteiger partial charge in [-0.2, -0.15) is 5.26 Å². The lowest BCUT2D eigenvalue weighted by molar-refractivity contribution is 0.137. The highest BCUT2D eigenvalue weighted by Crippen LogP contribution is 2.39. The first-order chi connectivity index (χ1) is 13.8. The van der Waals surface area contributed by atoms with Gasteiger partial charge in [0, 0.05) is 16.4 Å². The summed E-state index contributed by atoms with van der Waals surface area (Å²) >= 11 is 1.56. The Morgan fingerprint density at radius 2 is 1.57 bits per heavy atom. The minimum absolute atomic E-state index is 0.0861. The molecule has 2 unspecified atom stereocenters. The lowest BCUT2D eigenvalue weighted by Gasteiger charge is -2.27. The van der Waals surface area contributed by atoms with Gasteiger partial charge in [0.15, 0.2) is 0 Å². The van der Waals surface area contributed by atoms with Crippen molar-refractivity contribution < 1.29 is 5.11 Å². The fourth-order valence-corrected chi connectivity index (χ4v) is 4.96. The lowest BCUT2D eigenvalue weighted by atomic mass is 9.97. The number of hydrogen-bond donors (Lipinski definition) is 1. The molecule has 0 radical (unpaired) electrons. The molecule has 1 aliphatic carbocycles. The van der Waals surface area contributed by atoms with Gasteiger partial charge >= 0.3 is 0 Å². The van der Waals surface area contributed by atoms with Gasteiger partial charge in [0.2, 0.25) is 0 Å².